The maximum Gasteiger partial charge on any atom is 0.344 e. The summed E-state index contributed by atoms with van der Waals surface area (Å²) < 4.78 is 22.4. The first-order chi connectivity index (χ1) is 16.8. The van der Waals surface area contributed by atoms with Crippen LogP contribution in [-0.2, 0) is 4.74 Å². The molecule has 182 valence electrons. The number of carbonyl (C=O) groups excluding carboxylic acids is 1. The van der Waals surface area contributed by atoms with Crippen LogP contribution in [-0.4, -0.2) is 31.3 Å². The van der Waals surface area contributed by atoms with Crippen LogP contribution in [0.1, 0.15) is 37.6 Å². The number of esters is 1. The highest BCUT2D eigenvalue weighted by molar-refractivity contribution is 6.11. The van der Waals surface area contributed by atoms with Crippen LogP contribution in [0.3, 0.4) is 0 Å². The maximum absolute atomic E-state index is 13.3. The third-order valence-electron chi connectivity index (χ3n) is 5.69. The largest absolute Gasteiger partial charge is 0.493 e. The van der Waals surface area contributed by atoms with E-state index in [0.717, 1.165) is 6.42 Å². The summed E-state index contributed by atoms with van der Waals surface area (Å²) in [7, 11) is 1.52. The van der Waals surface area contributed by atoms with Crippen molar-refractivity contribution < 1.29 is 23.4 Å². The Labute approximate surface area is 202 Å². The fourth-order valence-electron chi connectivity index (χ4n) is 3.97. The lowest BCUT2D eigenvalue weighted by Gasteiger charge is -2.16. The predicted molar refractivity (Wildman–Crippen MR) is 133 cm³/mol. The van der Waals surface area contributed by atoms with Crippen molar-refractivity contribution in [1.82, 2.24) is 4.98 Å². The van der Waals surface area contributed by atoms with E-state index in [9.17, 15) is 9.59 Å². The Morgan fingerprint density at radius 2 is 1.91 bits per heavy atom. The van der Waals surface area contributed by atoms with Crippen LogP contribution in [0, 0.1) is 11.3 Å². The van der Waals surface area contributed by atoms with Gasteiger partial charge in [-0.05, 0) is 49.1 Å². The molecule has 0 radical (unpaired) electrons. The lowest BCUT2D eigenvalue weighted by atomic mass is 9.96. The number of ether oxygens (including phenoxy) is 3. The quantitative estimate of drug-likeness (QED) is 0.272. The first-order valence-electron chi connectivity index (χ1n) is 11.5. The summed E-state index contributed by atoms with van der Waals surface area (Å²) in [6.45, 7) is 6.54. The minimum absolute atomic E-state index is 0.107. The van der Waals surface area contributed by atoms with Gasteiger partial charge in [0.25, 0.3) is 5.56 Å². The van der Waals surface area contributed by atoms with Gasteiger partial charge in [0.05, 0.1) is 31.2 Å². The molecule has 0 aliphatic heterocycles. The summed E-state index contributed by atoms with van der Waals surface area (Å²) in [5.41, 5.74) is 0.556. The Hall–Kier alpha value is -4.07. The normalized spacial score (nSPS) is 11.2. The molecule has 0 fully saturated rings. The van der Waals surface area contributed by atoms with Gasteiger partial charge in [0, 0.05) is 10.9 Å². The highest BCUT2D eigenvalue weighted by Crippen LogP contribution is 2.37. The van der Waals surface area contributed by atoms with E-state index in [4.69, 9.17) is 24.0 Å². The Morgan fingerprint density at radius 3 is 2.63 bits per heavy atom. The zero-order chi connectivity index (χ0) is 25.1. The van der Waals surface area contributed by atoms with E-state index in [1.54, 1.807) is 43.3 Å². The molecule has 0 aliphatic carbocycles. The van der Waals surface area contributed by atoms with Gasteiger partial charge in [-0.15, -0.1) is 0 Å². The molecule has 2 aromatic heterocycles. The number of hydrogen-bond donors (Lipinski definition) is 2. The van der Waals surface area contributed by atoms with E-state index in [-0.39, 0.29) is 28.7 Å². The molecule has 0 saturated heterocycles. The van der Waals surface area contributed by atoms with Crippen molar-refractivity contribution >= 4 is 27.8 Å². The van der Waals surface area contributed by atoms with Crippen molar-refractivity contribution in [3.63, 3.8) is 0 Å². The summed E-state index contributed by atoms with van der Waals surface area (Å²) >= 11 is 0. The number of aromatic nitrogens is 1. The fraction of sp³-hybridized carbons (Fsp3) is 0.296. The van der Waals surface area contributed by atoms with Crippen LogP contribution < -0.4 is 20.6 Å². The highest BCUT2D eigenvalue weighted by Gasteiger charge is 2.25. The lowest BCUT2D eigenvalue weighted by Crippen LogP contribution is -2.21. The van der Waals surface area contributed by atoms with Gasteiger partial charge in [0.1, 0.15) is 5.56 Å². The number of fused-ring (bicyclic) bond motifs is 3. The van der Waals surface area contributed by atoms with Crippen molar-refractivity contribution in [2.24, 2.45) is 5.92 Å². The smallest absolute Gasteiger partial charge is 0.344 e. The first-order valence-corrected chi connectivity index (χ1v) is 11.5. The number of rotatable bonds is 8. The van der Waals surface area contributed by atoms with Gasteiger partial charge in [-0.25, -0.2) is 4.79 Å². The van der Waals surface area contributed by atoms with Crippen molar-refractivity contribution in [2.75, 3.05) is 20.3 Å². The summed E-state index contributed by atoms with van der Waals surface area (Å²) in [5.74, 6) is 0.731. The molecule has 2 N–H and O–H groups in total. The second-order valence-electron chi connectivity index (χ2n) is 8.50. The van der Waals surface area contributed by atoms with E-state index in [0.29, 0.717) is 40.5 Å². The zero-order valence-corrected chi connectivity index (χ0v) is 20.2. The van der Waals surface area contributed by atoms with E-state index < -0.39 is 17.1 Å². The second-order valence-corrected chi connectivity index (χ2v) is 8.50. The van der Waals surface area contributed by atoms with Gasteiger partial charge in [-0.1, -0.05) is 32.0 Å². The molecule has 0 spiro atoms. The monoisotopic (exact) mass is 476 g/mol. The second kappa shape index (κ2) is 10.0. The number of nitrogens with one attached hydrogen (secondary N) is 2. The third kappa shape index (κ3) is 4.64. The van der Waals surface area contributed by atoms with E-state index >= 15 is 0 Å². The predicted octanol–water partition coefficient (Wildman–Crippen LogP) is 5.03. The molecule has 0 amide bonds. The lowest BCUT2D eigenvalue weighted by molar-refractivity contribution is 0.0522. The molecular weight excluding hydrogens is 448 g/mol. The van der Waals surface area contributed by atoms with Gasteiger partial charge < -0.3 is 23.6 Å². The molecule has 8 heteroatoms. The SMILES string of the molecule is CCOC(=O)c1c(-c2ccc(OCCC(C)C)c(OC)c2)c2c(=O)[nH]c3ccccc3c2oc1=N. The molecule has 2 aromatic carbocycles. The average Bonchev–Trinajstić information content (AvgIpc) is 2.83. The molecule has 0 bridgehead atoms. The van der Waals surface area contributed by atoms with Crippen molar-refractivity contribution in [2.45, 2.75) is 27.2 Å². The van der Waals surface area contributed by atoms with Crippen LogP contribution >= 0.6 is 0 Å². The van der Waals surface area contributed by atoms with Crippen LogP contribution in [0.2, 0.25) is 0 Å². The molecule has 0 unspecified atom stereocenters. The molecule has 8 nitrogen and oxygen atoms in total. The summed E-state index contributed by atoms with van der Waals surface area (Å²) in [6.07, 6.45) is 0.882. The number of H-pyrrole nitrogens is 1. The molecule has 4 aromatic rings. The number of methoxy groups -OCH3 is 1. The minimum atomic E-state index is -0.748. The highest BCUT2D eigenvalue weighted by atomic mass is 16.5. The Morgan fingerprint density at radius 1 is 1.14 bits per heavy atom. The van der Waals surface area contributed by atoms with Gasteiger partial charge in [0.2, 0.25) is 5.55 Å². The molecule has 4 rings (SSSR count). The first kappa shape index (κ1) is 24.1. The Balaban J connectivity index is 2.02. The Kier molecular flexibility index (Phi) is 6.91. The van der Waals surface area contributed by atoms with E-state index in [1.807, 2.05) is 6.07 Å². The molecule has 35 heavy (non-hydrogen) atoms. The topological polar surface area (TPSA) is 115 Å². The van der Waals surface area contributed by atoms with Gasteiger partial charge >= 0.3 is 5.97 Å². The fourth-order valence-corrected chi connectivity index (χ4v) is 3.97. The number of hydrogen-bond acceptors (Lipinski definition) is 7. The number of benzene rings is 2. The number of aromatic amines is 1. The van der Waals surface area contributed by atoms with Gasteiger partial charge in [-0.3, -0.25) is 10.2 Å². The summed E-state index contributed by atoms with van der Waals surface area (Å²) in [6, 6.07) is 12.3. The average molecular weight is 477 g/mol. The molecule has 0 aliphatic rings. The van der Waals surface area contributed by atoms with Gasteiger partial charge in [0.15, 0.2) is 17.1 Å². The number of para-hydroxylation sites is 1. The Bertz CT molecular complexity index is 1520. The standard InChI is InChI=1S/C27H28N2O6/c1-5-33-27(31)23-21(16-10-11-19(20(14-16)32-4)34-13-12-15(2)3)22-24(35-25(23)28)17-8-6-7-9-18(17)29-26(22)30/h6-11,14-15,28H,5,12-13H2,1-4H3,(H,29,30). The van der Waals surface area contributed by atoms with Crippen molar-refractivity contribution in [3.8, 4) is 22.6 Å². The zero-order valence-electron chi connectivity index (χ0n) is 20.2. The van der Waals surface area contributed by atoms with Crippen molar-refractivity contribution in [3.05, 3.63) is 63.9 Å². The molecular formula is C27H28N2O6. The summed E-state index contributed by atoms with van der Waals surface area (Å²) in [4.78, 5) is 29.1. The van der Waals surface area contributed by atoms with Crippen molar-refractivity contribution in [1.29, 1.82) is 5.41 Å². The minimum Gasteiger partial charge on any atom is -0.493 e. The molecule has 0 saturated carbocycles. The third-order valence-corrected chi connectivity index (χ3v) is 5.69. The number of carbonyl (C=O) groups is 1. The van der Waals surface area contributed by atoms with Crippen LogP contribution in [0.4, 0.5) is 0 Å². The molecule has 0 atom stereocenters. The van der Waals surface area contributed by atoms with E-state index in [2.05, 4.69) is 18.8 Å². The number of pyridine rings is 1. The van der Waals surface area contributed by atoms with Gasteiger partial charge in [-0.2, -0.15) is 0 Å². The molecule has 2 heterocycles. The summed E-state index contributed by atoms with van der Waals surface area (Å²) in [5, 5.41) is 9.30. The maximum atomic E-state index is 13.3. The van der Waals surface area contributed by atoms with Crippen LogP contribution in [0.25, 0.3) is 33.0 Å². The van der Waals surface area contributed by atoms with Crippen LogP contribution in [0.5, 0.6) is 11.5 Å². The van der Waals surface area contributed by atoms with Crippen LogP contribution in [0.15, 0.2) is 51.7 Å². The van der Waals surface area contributed by atoms with E-state index in [1.165, 1.54) is 7.11 Å².